The molecule has 0 atom stereocenters. The third-order valence-corrected chi connectivity index (χ3v) is 4.85. The van der Waals surface area contributed by atoms with Crippen LogP contribution in [0.15, 0.2) is 66.9 Å². The number of aromatic amines is 1. The van der Waals surface area contributed by atoms with Crippen molar-refractivity contribution in [2.75, 3.05) is 26.2 Å². The lowest BCUT2D eigenvalue weighted by molar-refractivity contribution is 0.248. The van der Waals surface area contributed by atoms with E-state index in [9.17, 15) is 0 Å². The minimum Gasteiger partial charge on any atom is -0.493 e. The van der Waals surface area contributed by atoms with Gasteiger partial charge >= 0.3 is 0 Å². The van der Waals surface area contributed by atoms with Gasteiger partial charge in [-0.2, -0.15) is 0 Å². The third kappa shape index (κ3) is 3.94. The largest absolute Gasteiger partial charge is 0.493 e. The normalized spacial score (nSPS) is 15.3. The minimum absolute atomic E-state index is 0.762. The van der Waals surface area contributed by atoms with Crippen LogP contribution in [0.3, 0.4) is 0 Å². The number of aromatic nitrogens is 1. The van der Waals surface area contributed by atoms with Crippen molar-refractivity contribution < 1.29 is 4.74 Å². The van der Waals surface area contributed by atoms with Crippen molar-refractivity contribution in [2.45, 2.75) is 12.8 Å². The highest BCUT2D eigenvalue weighted by Gasteiger charge is 2.12. The first-order chi connectivity index (χ1) is 12.4. The molecule has 0 aliphatic carbocycles. The Labute approximate surface area is 148 Å². The quantitative estimate of drug-likeness (QED) is 0.661. The van der Waals surface area contributed by atoms with Crippen molar-refractivity contribution in [2.24, 2.45) is 0 Å². The molecule has 0 spiro atoms. The van der Waals surface area contributed by atoms with Crippen molar-refractivity contribution in [3.05, 3.63) is 72.4 Å². The molecule has 25 heavy (non-hydrogen) atoms. The van der Waals surface area contributed by atoms with Crippen LogP contribution in [0.1, 0.15) is 18.4 Å². The number of hydrogen-bond acceptors (Lipinski definition) is 2. The van der Waals surface area contributed by atoms with Gasteiger partial charge in [-0.3, -0.25) is 4.90 Å². The zero-order chi connectivity index (χ0) is 16.9. The van der Waals surface area contributed by atoms with Gasteiger partial charge < -0.3 is 9.72 Å². The van der Waals surface area contributed by atoms with Gasteiger partial charge in [0.15, 0.2) is 0 Å². The summed E-state index contributed by atoms with van der Waals surface area (Å²) < 4.78 is 5.90. The van der Waals surface area contributed by atoms with Gasteiger partial charge in [0.25, 0.3) is 0 Å². The van der Waals surface area contributed by atoms with Crippen LogP contribution >= 0.6 is 0 Å². The summed E-state index contributed by atoms with van der Waals surface area (Å²) >= 11 is 0. The number of fused-ring (bicyclic) bond motifs is 1. The number of H-pyrrole nitrogens is 1. The zero-order valence-corrected chi connectivity index (χ0v) is 14.4. The molecule has 0 unspecified atom stereocenters. The molecule has 0 bridgehead atoms. The first-order valence-electron chi connectivity index (χ1n) is 9.05. The van der Waals surface area contributed by atoms with Crippen LogP contribution in [-0.4, -0.2) is 36.1 Å². The Morgan fingerprint density at radius 1 is 1.04 bits per heavy atom. The summed E-state index contributed by atoms with van der Waals surface area (Å²) in [4.78, 5) is 5.73. The van der Waals surface area contributed by atoms with E-state index < -0.39 is 0 Å². The molecule has 2 heterocycles. The third-order valence-electron chi connectivity index (χ3n) is 4.85. The second-order valence-electron chi connectivity index (χ2n) is 6.57. The van der Waals surface area contributed by atoms with Crippen LogP contribution in [0.2, 0.25) is 0 Å². The molecule has 0 radical (unpaired) electrons. The summed E-state index contributed by atoms with van der Waals surface area (Å²) in [5, 5.41) is 1.22. The lowest BCUT2D eigenvalue weighted by atomic mass is 9.99. The summed E-state index contributed by atoms with van der Waals surface area (Å²) in [6, 6.07) is 19.0. The fourth-order valence-electron chi connectivity index (χ4n) is 3.42. The number of nitrogens with zero attached hydrogens (tertiary/aromatic N) is 1. The lowest BCUT2D eigenvalue weighted by Crippen LogP contribution is -2.30. The number of rotatable bonds is 6. The minimum atomic E-state index is 0.762. The van der Waals surface area contributed by atoms with Gasteiger partial charge in [-0.25, -0.2) is 0 Å². The van der Waals surface area contributed by atoms with E-state index in [1.165, 1.54) is 16.5 Å². The van der Waals surface area contributed by atoms with E-state index in [2.05, 4.69) is 64.5 Å². The van der Waals surface area contributed by atoms with Gasteiger partial charge in [0, 0.05) is 37.4 Å². The molecule has 2 aromatic carbocycles. The van der Waals surface area contributed by atoms with Gasteiger partial charge in [-0.1, -0.05) is 36.4 Å². The van der Waals surface area contributed by atoms with Crippen LogP contribution in [0.5, 0.6) is 5.75 Å². The average molecular weight is 332 g/mol. The van der Waals surface area contributed by atoms with Gasteiger partial charge in [-0.05, 0) is 47.6 Å². The molecule has 3 nitrogen and oxygen atoms in total. The van der Waals surface area contributed by atoms with Crippen LogP contribution < -0.4 is 4.74 Å². The van der Waals surface area contributed by atoms with Crippen molar-refractivity contribution in [1.82, 2.24) is 9.88 Å². The molecule has 4 rings (SSSR count). The number of nitrogens with one attached hydrogen (secondary N) is 1. The van der Waals surface area contributed by atoms with Gasteiger partial charge in [0.2, 0.25) is 0 Å². The predicted octanol–water partition coefficient (Wildman–Crippen LogP) is 4.73. The molecular weight excluding hydrogens is 308 g/mol. The van der Waals surface area contributed by atoms with E-state index in [-0.39, 0.29) is 0 Å². The molecule has 1 N–H and O–H groups in total. The van der Waals surface area contributed by atoms with E-state index >= 15 is 0 Å². The molecule has 3 heteroatoms. The summed E-state index contributed by atoms with van der Waals surface area (Å²) in [6.07, 6.45) is 6.52. The highest BCUT2D eigenvalue weighted by Crippen LogP contribution is 2.22. The first-order valence-corrected chi connectivity index (χ1v) is 9.05. The van der Waals surface area contributed by atoms with E-state index in [4.69, 9.17) is 4.74 Å². The van der Waals surface area contributed by atoms with Crippen LogP contribution in [0.25, 0.3) is 16.5 Å². The number of hydrogen-bond donors (Lipinski definition) is 1. The highest BCUT2D eigenvalue weighted by atomic mass is 16.5. The molecule has 0 fully saturated rings. The second-order valence-corrected chi connectivity index (χ2v) is 6.57. The van der Waals surface area contributed by atoms with Gasteiger partial charge in [0.05, 0.1) is 6.61 Å². The molecule has 1 aliphatic heterocycles. The molecule has 3 aromatic rings. The standard InChI is InChI=1S/C22H24N2O/c1-2-5-18(6-3-1)19-10-14-24(15-11-19)13-4-16-25-21-8-7-20-9-12-23-22(20)17-21/h1-3,5-10,12,17,23H,4,11,13-16H2. The van der Waals surface area contributed by atoms with E-state index in [0.29, 0.717) is 0 Å². The highest BCUT2D eigenvalue weighted by molar-refractivity contribution is 5.80. The van der Waals surface area contributed by atoms with Crippen LogP contribution in [-0.2, 0) is 0 Å². The van der Waals surface area contributed by atoms with Gasteiger partial charge in [-0.15, -0.1) is 0 Å². The Kier molecular flexibility index (Phi) is 4.84. The van der Waals surface area contributed by atoms with Crippen molar-refractivity contribution in [3.63, 3.8) is 0 Å². The molecule has 1 aromatic heterocycles. The Bertz CT molecular complexity index is 851. The fourth-order valence-corrected chi connectivity index (χ4v) is 3.42. The number of ether oxygens (including phenoxy) is 1. The molecular formula is C22H24N2O. The Morgan fingerprint density at radius 2 is 1.96 bits per heavy atom. The number of benzene rings is 2. The Morgan fingerprint density at radius 3 is 2.80 bits per heavy atom. The van der Waals surface area contributed by atoms with E-state index in [1.807, 2.05) is 12.3 Å². The summed E-state index contributed by atoms with van der Waals surface area (Å²) in [6.45, 7) is 4.02. The maximum absolute atomic E-state index is 5.90. The second kappa shape index (κ2) is 7.58. The molecule has 0 saturated carbocycles. The molecule has 1 aliphatic rings. The summed E-state index contributed by atoms with van der Waals surface area (Å²) in [5.74, 6) is 0.944. The van der Waals surface area contributed by atoms with Crippen molar-refractivity contribution in [3.8, 4) is 5.75 Å². The van der Waals surface area contributed by atoms with Crippen LogP contribution in [0.4, 0.5) is 0 Å². The molecule has 0 saturated heterocycles. The predicted molar refractivity (Wildman–Crippen MR) is 104 cm³/mol. The average Bonchev–Trinajstić information content (AvgIpc) is 3.14. The fraction of sp³-hybridized carbons (Fsp3) is 0.273. The van der Waals surface area contributed by atoms with E-state index in [1.54, 1.807) is 0 Å². The van der Waals surface area contributed by atoms with Crippen molar-refractivity contribution >= 4 is 16.5 Å². The lowest BCUT2D eigenvalue weighted by Gasteiger charge is -2.26. The molecule has 128 valence electrons. The topological polar surface area (TPSA) is 28.3 Å². The first kappa shape index (κ1) is 16.0. The summed E-state index contributed by atoms with van der Waals surface area (Å²) in [7, 11) is 0. The Hall–Kier alpha value is -2.52. The zero-order valence-electron chi connectivity index (χ0n) is 14.4. The smallest absolute Gasteiger partial charge is 0.121 e. The van der Waals surface area contributed by atoms with Crippen molar-refractivity contribution in [1.29, 1.82) is 0 Å². The monoisotopic (exact) mass is 332 g/mol. The maximum Gasteiger partial charge on any atom is 0.121 e. The Balaban J connectivity index is 1.22. The summed E-state index contributed by atoms with van der Waals surface area (Å²) in [5.41, 5.74) is 3.98. The maximum atomic E-state index is 5.90. The van der Waals surface area contributed by atoms with Crippen LogP contribution in [0, 0.1) is 0 Å². The SMILES string of the molecule is C1=C(c2ccccc2)CCN(CCCOc2ccc3cc[nH]c3c2)C1. The molecule has 0 amide bonds. The van der Waals surface area contributed by atoms with E-state index in [0.717, 1.165) is 50.3 Å². The van der Waals surface area contributed by atoms with Gasteiger partial charge in [0.1, 0.15) is 5.75 Å².